The van der Waals surface area contributed by atoms with Gasteiger partial charge in [-0.15, -0.1) is 0 Å². The average molecular weight is 207 g/mol. The summed E-state index contributed by atoms with van der Waals surface area (Å²) in [5.74, 6) is 1.04. The Bertz CT molecular complexity index is 67.9. The van der Waals surface area contributed by atoms with E-state index < -0.39 is 0 Å². The summed E-state index contributed by atoms with van der Waals surface area (Å²) < 4.78 is 0. The molecule has 0 aliphatic rings. The molecule has 0 aliphatic heterocycles. The number of hydrogen-bond donors (Lipinski definition) is 2. The fraction of sp³-hybridized carbons (Fsp3) is 0.900. The number of unbranched alkanes of at least 4 members (excludes halogenated alkanes) is 1. The minimum Gasteiger partial charge on any atom is -0.315 e. The second-order valence-electron chi connectivity index (χ2n) is 2.79. The number of hydrogen-bond acceptors (Lipinski definition) is 3. The zero-order valence-electron chi connectivity index (χ0n) is 9.47. The van der Waals surface area contributed by atoms with Gasteiger partial charge in [-0.3, -0.25) is 0 Å². The van der Waals surface area contributed by atoms with Crippen LogP contribution in [0.25, 0.3) is 0 Å². The second-order valence-corrected chi connectivity index (χ2v) is 3.24. The average Bonchev–Trinajstić information content (AvgIpc) is 2.10. The van der Waals surface area contributed by atoms with Crippen molar-refractivity contribution in [1.29, 1.82) is 0 Å². The van der Waals surface area contributed by atoms with E-state index in [1.165, 1.54) is 12.8 Å². The number of nitrogens with one attached hydrogen (secondary N) is 1. The summed E-state index contributed by atoms with van der Waals surface area (Å²) in [6.45, 7) is 11.6. The monoisotopic (exact) mass is 207 g/mol. The van der Waals surface area contributed by atoms with Crippen molar-refractivity contribution in [2.24, 2.45) is 0 Å². The first kappa shape index (κ1) is 18.7. The molecular formula is C10H25NOS. The molecule has 0 heterocycles. The van der Waals surface area contributed by atoms with Crippen LogP contribution in [0.2, 0.25) is 0 Å². The molecule has 0 rings (SSSR count). The van der Waals surface area contributed by atoms with Gasteiger partial charge >= 0.3 is 0 Å². The number of thiol groups is 1. The first-order valence-corrected chi connectivity index (χ1v) is 5.45. The highest BCUT2D eigenvalue weighted by atomic mass is 32.1. The highest BCUT2D eigenvalue weighted by molar-refractivity contribution is 7.80. The van der Waals surface area contributed by atoms with Crippen LogP contribution in [0.5, 0.6) is 0 Å². The smallest absolute Gasteiger partial charge is 0.106 e. The minimum absolute atomic E-state index is 0.648. The summed E-state index contributed by atoms with van der Waals surface area (Å²) >= 11 is 4.00. The molecule has 0 amide bonds. The van der Waals surface area contributed by atoms with E-state index in [4.69, 9.17) is 4.79 Å². The van der Waals surface area contributed by atoms with Crippen molar-refractivity contribution >= 4 is 19.4 Å². The van der Waals surface area contributed by atoms with Crippen molar-refractivity contribution in [3.8, 4) is 0 Å². The third-order valence-corrected chi connectivity index (χ3v) is 1.44. The molecule has 3 heteroatoms. The van der Waals surface area contributed by atoms with Gasteiger partial charge in [0.05, 0.1) is 0 Å². The maximum atomic E-state index is 8.00. The van der Waals surface area contributed by atoms with Crippen molar-refractivity contribution in [2.45, 2.75) is 46.6 Å². The summed E-state index contributed by atoms with van der Waals surface area (Å²) in [5, 5.41) is 3.21. The maximum absolute atomic E-state index is 8.00. The number of carbonyl (C=O) groups excluding carboxylic acids is 1. The zero-order valence-corrected chi connectivity index (χ0v) is 10.4. The quantitative estimate of drug-likeness (QED) is 0.694. The summed E-state index contributed by atoms with van der Waals surface area (Å²) in [6, 6.07) is 0.648. The Morgan fingerprint density at radius 3 is 1.77 bits per heavy atom. The predicted octanol–water partition coefficient (Wildman–Crippen LogP) is 2.54. The SMILES string of the molecule is C=O.CCCCS.CCNC(C)C. The number of carbonyl (C=O) groups is 1. The molecule has 0 saturated heterocycles. The molecule has 13 heavy (non-hydrogen) atoms. The summed E-state index contributed by atoms with van der Waals surface area (Å²) in [5.41, 5.74) is 0. The molecule has 0 aromatic carbocycles. The van der Waals surface area contributed by atoms with Crippen LogP contribution in [0.3, 0.4) is 0 Å². The highest BCUT2D eigenvalue weighted by Gasteiger charge is 1.82. The van der Waals surface area contributed by atoms with Crippen LogP contribution in [0.1, 0.15) is 40.5 Å². The van der Waals surface area contributed by atoms with Crippen LogP contribution in [-0.4, -0.2) is 25.1 Å². The zero-order chi connectivity index (χ0) is 11.1. The molecule has 0 bridgehead atoms. The van der Waals surface area contributed by atoms with Crippen molar-refractivity contribution in [2.75, 3.05) is 12.3 Å². The van der Waals surface area contributed by atoms with E-state index in [-0.39, 0.29) is 0 Å². The molecule has 0 fully saturated rings. The van der Waals surface area contributed by atoms with Crippen molar-refractivity contribution in [1.82, 2.24) is 5.32 Å². The molecule has 0 spiro atoms. The summed E-state index contributed by atoms with van der Waals surface area (Å²) in [7, 11) is 0. The van der Waals surface area contributed by atoms with E-state index in [1.54, 1.807) is 0 Å². The molecule has 0 atom stereocenters. The second kappa shape index (κ2) is 22.7. The molecular weight excluding hydrogens is 182 g/mol. The van der Waals surface area contributed by atoms with Gasteiger partial charge < -0.3 is 10.1 Å². The lowest BCUT2D eigenvalue weighted by molar-refractivity contribution is -0.0979. The van der Waals surface area contributed by atoms with Crippen LogP contribution >= 0.6 is 12.6 Å². The first-order chi connectivity index (χ1) is 6.18. The van der Waals surface area contributed by atoms with Crippen LogP contribution in [-0.2, 0) is 4.79 Å². The van der Waals surface area contributed by atoms with E-state index in [0.717, 1.165) is 12.3 Å². The molecule has 82 valence electrons. The largest absolute Gasteiger partial charge is 0.315 e. The third kappa shape index (κ3) is 48.1. The van der Waals surface area contributed by atoms with Crippen molar-refractivity contribution in [3.63, 3.8) is 0 Å². The molecule has 1 N–H and O–H groups in total. The Hall–Kier alpha value is -0.0200. The highest BCUT2D eigenvalue weighted by Crippen LogP contribution is 1.85. The van der Waals surface area contributed by atoms with E-state index in [9.17, 15) is 0 Å². The molecule has 0 unspecified atom stereocenters. The molecule has 0 radical (unpaired) electrons. The topological polar surface area (TPSA) is 29.1 Å². The molecule has 0 saturated carbocycles. The van der Waals surface area contributed by atoms with Crippen LogP contribution in [0.15, 0.2) is 0 Å². The van der Waals surface area contributed by atoms with Gasteiger partial charge in [-0.2, -0.15) is 12.6 Å². The van der Waals surface area contributed by atoms with E-state index in [2.05, 4.69) is 45.6 Å². The normalized spacial score (nSPS) is 8.15. The van der Waals surface area contributed by atoms with Crippen LogP contribution < -0.4 is 5.32 Å². The van der Waals surface area contributed by atoms with Crippen molar-refractivity contribution in [3.05, 3.63) is 0 Å². The fourth-order valence-electron chi connectivity index (χ4n) is 0.566. The lowest BCUT2D eigenvalue weighted by Crippen LogP contribution is -2.21. The van der Waals surface area contributed by atoms with Gasteiger partial charge in [-0.25, -0.2) is 0 Å². The van der Waals surface area contributed by atoms with Gasteiger partial charge in [0.2, 0.25) is 0 Å². The summed E-state index contributed by atoms with van der Waals surface area (Å²) in [6.07, 6.45) is 2.52. The standard InChI is InChI=1S/C5H13N.C4H10S.CH2O/c1-4-6-5(2)3;1-2-3-4-5;1-2/h5-6H,4H2,1-3H3;5H,2-4H2,1H3;1H2. The van der Waals surface area contributed by atoms with Crippen LogP contribution in [0, 0.1) is 0 Å². The Morgan fingerprint density at radius 1 is 1.31 bits per heavy atom. The summed E-state index contributed by atoms with van der Waals surface area (Å²) in [4.78, 5) is 8.00. The Labute approximate surface area is 88.9 Å². The maximum Gasteiger partial charge on any atom is 0.106 e. The molecule has 0 aromatic heterocycles. The lowest BCUT2D eigenvalue weighted by Gasteiger charge is -2.00. The van der Waals surface area contributed by atoms with E-state index in [1.807, 2.05) is 6.79 Å². The van der Waals surface area contributed by atoms with Gasteiger partial charge in [0, 0.05) is 6.04 Å². The Kier molecular flexibility index (Phi) is 32.6. The Balaban J connectivity index is -0.000000131. The van der Waals surface area contributed by atoms with Gasteiger partial charge in [-0.05, 0) is 18.7 Å². The van der Waals surface area contributed by atoms with Gasteiger partial charge in [0.25, 0.3) is 0 Å². The van der Waals surface area contributed by atoms with Gasteiger partial charge in [0.1, 0.15) is 6.79 Å². The van der Waals surface area contributed by atoms with E-state index >= 15 is 0 Å². The van der Waals surface area contributed by atoms with E-state index in [0.29, 0.717) is 6.04 Å². The molecule has 2 nitrogen and oxygen atoms in total. The predicted molar refractivity (Wildman–Crippen MR) is 64.7 cm³/mol. The lowest BCUT2D eigenvalue weighted by atomic mass is 10.4. The Morgan fingerprint density at radius 2 is 1.77 bits per heavy atom. The number of rotatable bonds is 4. The van der Waals surface area contributed by atoms with Gasteiger partial charge in [-0.1, -0.05) is 34.1 Å². The molecule has 0 aliphatic carbocycles. The molecule has 0 aromatic rings. The first-order valence-electron chi connectivity index (χ1n) is 4.82. The third-order valence-electron chi connectivity index (χ3n) is 1.12. The minimum atomic E-state index is 0.648. The van der Waals surface area contributed by atoms with Crippen molar-refractivity contribution < 1.29 is 4.79 Å². The van der Waals surface area contributed by atoms with Crippen LogP contribution in [0.4, 0.5) is 0 Å². The van der Waals surface area contributed by atoms with Gasteiger partial charge in [0.15, 0.2) is 0 Å². The fourth-order valence-corrected chi connectivity index (χ4v) is 0.883.